The van der Waals surface area contributed by atoms with Crippen molar-refractivity contribution < 1.29 is 4.79 Å². The molecule has 2 aromatic rings. The van der Waals surface area contributed by atoms with Crippen LogP contribution in [0.2, 0.25) is 5.02 Å². The third-order valence-electron chi connectivity index (χ3n) is 3.63. The number of carbonyl (C=O) groups excluding carboxylic acids is 1. The molecule has 3 rings (SSSR count). The predicted octanol–water partition coefficient (Wildman–Crippen LogP) is 2.91. The quantitative estimate of drug-likeness (QED) is 0.914. The lowest BCUT2D eigenvalue weighted by Crippen LogP contribution is -2.17. The van der Waals surface area contributed by atoms with E-state index in [1.165, 1.54) is 11.1 Å². The molecule has 0 unspecified atom stereocenters. The first-order chi connectivity index (χ1) is 9.16. The van der Waals surface area contributed by atoms with E-state index in [-0.39, 0.29) is 5.92 Å². The van der Waals surface area contributed by atoms with Crippen molar-refractivity contribution >= 4 is 17.5 Å². The molecule has 3 nitrogen and oxygen atoms in total. The van der Waals surface area contributed by atoms with Crippen molar-refractivity contribution in [2.75, 3.05) is 0 Å². The van der Waals surface area contributed by atoms with Gasteiger partial charge in [0, 0.05) is 17.1 Å². The fourth-order valence-corrected chi connectivity index (χ4v) is 2.98. The molecule has 1 aliphatic rings. The van der Waals surface area contributed by atoms with Crippen molar-refractivity contribution in [3.8, 4) is 0 Å². The molecule has 2 N–H and O–H groups in total. The summed E-state index contributed by atoms with van der Waals surface area (Å²) in [7, 11) is 0. The number of pyridine rings is 1. The van der Waals surface area contributed by atoms with Crippen molar-refractivity contribution in [2.24, 2.45) is 5.73 Å². The van der Waals surface area contributed by atoms with Gasteiger partial charge in [0.2, 0.25) is 0 Å². The number of rotatable bonds is 2. The second-order valence-corrected chi connectivity index (χ2v) is 5.18. The van der Waals surface area contributed by atoms with Crippen LogP contribution in [0.5, 0.6) is 0 Å². The summed E-state index contributed by atoms with van der Waals surface area (Å²) in [6.45, 7) is 0. The van der Waals surface area contributed by atoms with Gasteiger partial charge in [0.05, 0.1) is 0 Å². The summed E-state index contributed by atoms with van der Waals surface area (Å²) >= 11 is 6.07. The molecule has 0 spiro atoms. The lowest BCUT2D eigenvalue weighted by molar-refractivity contribution is 0.0994. The summed E-state index contributed by atoms with van der Waals surface area (Å²) in [6, 6.07) is 9.70. The monoisotopic (exact) mass is 272 g/mol. The Labute approximate surface area is 116 Å². The van der Waals surface area contributed by atoms with Crippen LogP contribution in [0.1, 0.15) is 39.5 Å². The molecule has 0 fully saturated rings. The van der Waals surface area contributed by atoms with Gasteiger partial charge >= 0.3 is 0 Å². The van der Waals surface area contributed by atoms with Gasteiger partial charge in [-0.25, -0.2) is 0 Å². The minimum absolute atomic E-state index is 0.157. The van der Waals surface area contributed by atoms with Crippen molar-refractivity contribution in [3.05, 3.63) is 63.9 Å². The maximum atomic E-state index is 11.5. The van der Waals surface area contributed by atoms with Gasteiger partial charge in [0.25, 0.3) is 5.91 Å². The summed E-state index contributed by atoms with van der Waals surface area (Å²) in [6.07, 6.45) is 3.54. The highest BCUT2D eigenvalue weighted by molar-refractivity contribution is 6.30. The van der Waals surface area contributed by atoms with E-state index in [4.69, 9.17) is 17.3 Å². The number of primary amides is 1. The van der Waals surface area contributed by atoms with Crippen molar-refractivity contribution in [2.45, 2.75) is 18.8 Å². The van der Waals surface area contributed by atoms with Crippen LogP contribution < -0.4 is 5.73 Å². The zero-order valence-electron chi connectivity index (χ0n) is 10.3. The summed E-state index contributed by atoms with van der Waals surface area (Å²) < 4.78 is 0. The first-order valence-corrected chi connectivity index (χ1v) is 6.57. The lowest BCUT2D eigenvalue weighted by Gasteiger charge is -2.14. The molecule has 0 saturated heterocycles. The highest BCUT2D eigenvalue weighted by Gasteiger charge is 2.27. The van der Waals surface area contributed by atoms with Crippen LogP contribution in [0, 0.1) is 0 Å². The SMILES string of the molecule is NC(=O)c1ncccc1[C@@H]1CCc2ccc(Cl)cc21. The van der Waals surface area contributed by atoms with Gasteiger partial charge in [-0.1, -0.05) is 23.7 Å². The second kappa shape index (κ2) is 4.67. The molecule has 0 aliphatic heterocycles. The number of aromatic nitrogens is 1. The first kappa shape index (κ1) is 12.2. The molecule has 1 aromatic heterocycles. The van der Waals surface area contributed by atoms with E-state index < -0.39 is 5.91 Å². The Morgan fingerprint density at radius 3 is 2.95 bits per heavy atom. The number of nitrogens with two attached hydrogens (primary N) is 1. The molecule has 0 saturated carbocycles. The second-order valence-electron chi connectivity index (χ2n) is 4.74. The van der Waals surface area contributed by atoms with E-state index in [1.807, 2.05) is 24.3 Å². The zero-order chi connectivity index (χ0) is 13.4. The van der Waals surface area contributed by atoms with Crippen LogP contribution in [0.15, 0.2) is 36.5 Å². The highest BCUT2D eigenvalue weighted by Crippen LogP contribution is 2.40. The van der Waals surface area contributed by atoms with Gasteiger partial charge in [-0.05, 0) is 47.7 Å². The molecule has 0 bridgehead atoms. The Bertz CT molecular complexity index is 654. The smallest absolute Gasteiger partial charge is 0.267 e. The maximum Gasteiger partial charge on any atom is 0.267 e. The number of hydrogen-bond donors (Lipinski definition) is 1. The van der Waals surface area contributed by atoms with Crippen LogP contribution in [-0.2, 0) is 6.42 Å². The Hall–Kier alpha value is -1.87. The lowest BCUT2D eigenvalue weighted by atomic mass is 9.91. The van der Waals surface area contributed by atoms with Gasteiger partial charge in [-0.15, -0.1) is 0 Å². The number of benzene rings is 1. The molecule has 19 heavy (non-hydrogen) atoms. The van der Waals surface area contributed by atoms with Crippen LogP contribution in [0.4, 0.5) is 0 Å². The predicted molar refractivity (Wildman–Crippen MR) is 74.4 cm³/mol. The summed E-state index contributed by atoms with van der Waals surface area (Å²) in [5.41, 5.74) is 9.13. The summed E-state index contributed by atoms with van der Waals surface area (Å²) in [4.78, 5) is 15.6. The molecule has 1 amide bonds. The zero-order valence-corrected chi connectivity index (χ0v) is 11.0. The summed E-state index contributed by atoms with van der Waals surface area (Å²) in [5, 5.41) is 0.718. The van der Waals surface area contributed by atoms with Gasteiger partial charge in [-0.2, -0.15) is 0 Å². The third-order valence-corrected chi connectivity index (χ3v) is 3.87. The van der Waals surface area contributed by atoms with Crippen LogP contribution in [0.3, 0.4) is 0 Å². The molecule has 1 atom stereocenters. The highest BCUT2D eigenvalue weighted by atomic mass is 35.5. The van der Waals surface area contributed by atoms with E-state index in [2.05, 4.69) is 11.1 Å². The maximum absolute atomic E-state index is 11.5. The minimum atomic E-state index is -0.480. The topological polar surface area (TPSA) is 56.0 Å². The number of halogens is 1. The molecular formula is C15H13ClN2O. The number of nitrogens with zero attached hydrogens (tertiary/aromatic N) is 1. The minimum Gasteiger partial charge on any atom is -0.364 e. The molecule has 1 aromatic carbocycles. The largest absolute Gasteiger partial charge is 0.364 e. The summed E-state index contributed by atoms with van der Waals surface area (Å²) in [5.74, 6) is -0.323. The molecule has 96 valence electrons. The molecule has 1 heterocycles. The van der Waals surface area contributed by atoms with E-state index in [0.29, 0.717) is 5.69 Å². The van der Waals surface area contributed by atoms with E-state index in [1.54, 1.807) is 6.20 Å². The molecule has 0 radical (unpaired) electrons. The van der Waals surface area contributed by atoms with Crippen molar-refractivity contribution in [3.63, 3.8) is 0 Å². The van der Waals surface area contributed by atoms with Crippen molar-refractivity contribution in [1.82, 2.24) is 4.98 Å². The Morgan fingerprint density at radius 2 is 2.16 bits per heavy atom. The fraction of sp³-hybridized carbons (Fsp3) is 0.200. The number of fused-ring (bicyclic) bond motifs is 1. The van der Waals surface area contributed by atoms with E-state index >= 15 is 0 Å². The Balaban J connectivity index is 2.11. The van der Waals surface area contributed by atoms with Gasteiger partial charge in [-0.3, -0.25) is 9.78 Å². The first-order valence-electron chi connectivity index (χ1n) is 6.20. The number of aryl methyl sites for hydroxylation is 1. The molecule has 1 aliphatic carbocycles. The third kappa shape index (κ3) is 2.10. The average molecular weight is 273 g/mol. The Morgan fingerprint density at radius 1 is 1.32 bits per heavy atom. The van der Waals surface area contributed by atoms with E-state index in [0.717, 1.165) is 23.4 Å². The van der Waals surface area contributed by atoms with Crippen LogP contribution >= 0.6 is 11.6 Å². The Kier molecular flexibility index (Phi) is 2.99. The molecule has 4 heteroatoms. The normalized spacial score (nSPS) is 17.2. The van der Waals surface area contributed by atoms with Crippen LogP contribution in [-0.4, -0.2) is 10.9 Å². The number of carbonyl (C=O) groups is 1. The van der Waals surface area contributed by atoms with Crippen LogP contribution in [0.25, 0.3) is 0 Å². The van der Waals surface area contributed by atoms with Gasteiger partial charge in [0.1, 0.15) is 5.69 Å². The number of amides is 1. The standard InChI is InChI=1S/C15H13ClN2O/c16-10-5-3-9-4-6-11(13(9)8-10)12-2-1-7-18-14(12)15(17)19/h1-3,5,7-8,11H,4,6H2,(H2,17,19)/t11-/m0/s1. The van der Waals surface area contributed by atoms with Gasteiger partial charge in [0.15, 0.2) is 0 Å². The molecular weight excluding hydrogens is 260 g/mol. The fourth-order valence-electron chi connectivity index (χ4n) is 2.80. The number of hydrogen-bond acceptors (Lipinski definition) is 2. The van der Waals surface area contributed by atoms with Gasteiger partial charge < -0.3 is 5.73 Å². The average Bonchev–Trinajstić information content (AvgIpc) is 2.81. The van der Waals surface area contributed by atoms with Crippen molar-refractivity contribution in [1.29, 1.82) is 0 Å². The van der Waals surface area contributed by atoms with E-state index in [9.17, 15) is 4.79 Å².